The average molecular weight is 652 g/mol. The number of carboxylic acid groups (broad SMARTS) is 1. The van der Waals surface area contributed by atoms with E-state index in [1.54, 1.807) is 24.6 Å². The molecule has 0 radical (unpaired) electrons. The third-order valence-electron chi connectivity index (χ3n) is 10.1. The number of carbonyl (C=O) groups is 1. The van der Waals surface area contributed by atoms with Gasteiger partial charge in [0.1, 0.15) is 0 Å². The van der Waals surface area contributed by atoms with Gasteiger partial charge in [0, 0.05) is 13.7 Å². The van der Waals surface area contributed by atoms with Crippen molar-refractivity contribution in [3.63, 3.8) is 0 Å². The van der Waals surface area contributed by atoms with Gasteiger partial charge in [0.25, 0.3) is 0 Å². The summed E-state index contributed by atoms with van der Waals surface area (Å²) >= 11 is 0. The molecule has 0 aliphatic rings. The Morgan fingerprint density at radius 3 is 0.978 bits per heavy atom. The van der Waals surface area contributed by atoms with Crippen LogP contribution >= 0.6 is 7.26 Å². The van der Waals surface area contributed by atoms with Gasteiger partial charge in [0.05, 0.1) is 24.6 Å². The Bertz CT molecular complexity index is 575. The number of hydrogen-bond acceptors (Lipinski definition) is 1. The van der Waals surface area contributed by atoms with Crippen LogP contribution in [0.2, 0.25) is 0 Å². The molecular formula is C42H84O2P+. The summed E-state index contributed by atoms with van der Waals surface area (Å²) in [6.07, 6.45) is 54.6. The quantitative estimate of drug-likeness (QED) is 0.0410. The molecule has 0 atom stereocenters. The summed E-state index contributed by atoms with van der Waals surface area (Å²) in [5.74, 6) is -0.655. The second-order valence-electron chi connectivity index (χ2n) is 14.6. The summed E-state index contributed by atoms with van der Waals surface area (Å²) in [7, 11) is -0.788. The Kier molecular flexibility index (Phi) is 36.2. The van der Waals surface area contributed by atoms with Gasteiger partial charge in [-0.05, 0) is 83.5 Å². The minimum Gasteiger partial charge on any atom is -0.481 e. The molecule has 1 N–H and O–H groups in total. The van der Waals surface area contributed by atoms with Gasteiger partial charge in [-0.1, -0.05) is 148 Å². The highest BCUT2D eigenvalue weighted by atomic mass is 31.2. The van der Waals surface area contributed by atoms with E-state index in [1.807, 2.05) is 0 Å². The van der Waals surface area contributed by atoms with Gasteiger partial charge in [-0.25, -0.2) is 0 Å². The van der Waals surface area contributed by atoms with Gasteiger partial charge >= 0.3 is 5.97 Å². The molecule has 0 fully saturated rings. The minimum atomic E-state index is -0.788. The van der Waals surface area contributed by atoms with Crippen LogP contribution in [0.5, 0.6) is 0 Å². The molecule has 0 amide bonds. The first-order valence-corrected chi connectivity index (χ1v) is 23.3. The number of rotatable bonds is 38. The highest BCUT2D eigenvalue weighted by Gasteiger charge is 2.35. The van der Waals surface area contributed by atoms with Crippen LogP contribution in [-0.2, 0) is 4.79 Å². The fraction of sp³-hybridized carbons (Fsp3) is 0.929. The normalized spacial score (nSPS) is 12.1. The molecule has 0 unspecified atom stereocenters. The molecule has 0 spiro atoms. The fourth-order valence-corrected chi connectivity index (χ4v) is 12.0. The van der Waals surface area contributed by atoms with Crippen LogP contribution in [-0.4, -0.2) is 35.7 Å². The van der Waals surface area contributed by atoms with E-state index in [0.29, 0.717) is 6.42 Å². The molecule has 0 rings (SSSR count). The third-order valence-corrected chi connectivity index (χ3v) is 15.2. The van der Waals surface area contributed by atoms with Crippen molar-refractivity contribution in [1.82, 2.24) is 0 Å². The van der Waals surface area contributed by atoms with Gasteiger partial charge in [-0.15, -0.1) is 0 Å². The highest BCUT2D eigenvalue weighted by molar-refractivity contribution is 7.75. The standard InChI is InChI=1S/C42H83O2P/c1-4-7-10-13-28-33-38-45(39-34-29-14-11-8-5-2,40-35-30-15-12-9-6-3)41-36-31-26-24-22-20-18-16-17-19-21-23-25-27-32-37-42(43)44/h16-17H,4-15,18-41H2,1-3H3/p+1. The van der Waals surface area contributed by atoms with Crippen molar-refractivity contribution < 1.29 is 9.90 Å². The zero-order valence-corrected chi connectivity index (χ0v) is 32.3. The Morgan fingerprint density at radius 2 is 0.667 bits per heavy atom. The molecule has 0 saturated heterocycles. The number of aliphatic carboxylic acids is 1. The second-order valence-corrected chi connectivity index (χ2v) is 19.1. The molecule has 0 saturated carbocycles. The number of hydrogen-bond donors (Lipinski definition) is 1. The number of carboxylic acids is 1. The SMILES string of the molecule is CCCCCCCC[P+](CCCCCCCC)(CCCCCCCC)CCCCCCCCC=CCCCCCCCC(=O)O. The minimum absolute atomic E-state index is 0.333. The molecule has 0 aromatic rings. The molecule has 0 bridgehead atoms. The van der Waals surface area contributed by atoms with Crippen molar-refractivity contribution in [2.75, 3.05) is 24.6 Å². The molecule has 0 aromatic carbocycles. The number of unbranched alkanes of at least 4 members (excludes halogenated alkanes) is 26. The lowest BCUT2D eigenvalue weighted by molar-refractivity contribution is -0.137. The smallest absolute Gasteiger partial charge is 0.303 e. The molecule has 268 valence electrons. The summed E-state index contributed by atoms with van der Waals surface area (Å²) in [4.78, 5) is 10.6. The van der Waals surface area contributed by atoms with Gasteiger partial charge in [0.2, 0.25) is 0 Å². The second kappa shape index (κ2) is 36.5. The van der Waals surface area contributed by atoms with E-state index in [4.69, 9.17) is 5.11 Å². The first kappa shape index (κ1) is 44.6. The summed E-state index contributed by atoms with van der Waals surface area (Å²) in [5, 5.41) is 8.71. The van der Waals surface area contributed by atoms with Crippen LogP contribution in [0, 0.1) is 0 Å². The largest absolute Gasteiger partial charge is 0.481 e. The highest BCUT2D eigenvalue weighted by Crippen LogP contribution is 2.61. The molecule has 0 aliphatic heterocycles. The maximum absolute atomic E-state index is 10.6. The zero-order chi connectivity index (χ0) is 32.9. The zero-order valence-electron chi connectivity index (χ0n) is 31.4. The van der Waals surface area contributed by atoms with E-state index in [0.717, 1.165) is 12.8 Å². The number of allylic oxidation sites excluding steroid dienone is 2. The van der Waals surface area contributed by atoms with Crippen molar-refractivity contribution in [2.24, 2.45) is 0 Å². The van der Waals surface area contributed by atoms with E-state index in [2.05, 4.69) is 32.9 Å². The molecule has 2 nitrogen and oxygen atoms in total. The monoisotopic (exact) mass is 652 g/mol. The molecule has 0 aliphatic carbocycles. The van der Waals surface area contributed by atoms with E-state index < -0.39 is 13.2 Å². The van der Waals surface area contributed by atoms with E-state index in [9.17, 15) is 4.79 Å². The maximum atomic E-state index is 10.6. The Balaban J connectivity index is 4.45. The lowest BCUT2D eigenvalue weighted by Gasteiger charge is -2.28. The summed E-state index contributed by atoms with van der Waals surface area (Å²) in [6.45, 7) is 7.03. The van der Waals surface area contributed by atoms with Crippen LogP contribution in [0.25, 0.3) is 0 Å². The van der Waals surface area contributed by atoms with Crippen LogP contribution in [0.15, 0.2) is 12.2 Å². The third kappa shape index (κ3) is 33.3. The first-order chi connectivity index (χ1) is 22.1. The van der Waals surface area contributed by atoms with Gasteiger partial charge in [0.15, 0.2) is 0 Å². The molecule has 0 aromatic heterocycles. The van der Waals surface area contributed by atoms with E-state index in [1.165, 1.54) is 186 Å². The van der Waals surface area contributed by atoms with E-state index >= 15 is 0 Å². The van der Waals surface area contributed by atoms with Crippen molar-refractivity contribution in [1.29, 1.82) is 0 Å². The lowest BCUT2D eigenvalue weighted by atomic mass is 10.1. The maximum Gasteiger partial charge on any atom is 0.303 e. The van der Waals surface area contributed by atoms with Crippen molar-refractivity contribution >= 4 is 13.2 Å². The van der Waals surface area contributed by atoms with Crippen LogP contribution in [0.1, 0.15) is 226 Å². The Hall–Kier alpha value is -0.360. The molecule has 3 heteroatoms. The van der Waals surface area contributed by atoms with Gasteiger partial charge < -0.3 is 5.11 Å². The summed E-state index contributed by atoms with van der Waals surface area (Å²) in [5.41, 5.74) is 0. The van der Waals surface area contributed by atoms with Crippen molar-refractivity contribution in [3.8, 4) is 0 Å². The predicted molar refractivity (Wildman–Crippen MR) is 208 cm³/mol. The van der Waals surface area contributed by atoms with Crippen molar-refractivity contribution in [2.45, 2.75) is 226 Å². The van der Waals surface area contributed by atoms with Gasteiger partial charge in [-0.2, -0.15) is 0 Å². The molecule has 0 heterocycles. The van der Waals surface area contributed by atoms with Gasteiger partial charge in [-0.3, -0.25) is 4.79 Å². The first-order valence-electron chi connectivity index (χ1n) is 20.8. The lowest BCUT2D eigenvalue weighted by Crippen LogP contribution is -2.13. The van der Waals surface area contributed by atoms with Crippen LogP contribution in [0.4, 0.5) is 0 Å². The summed E-state index contributed by atoms with van der Waals surface area (Å²) < 4.78 is 0. The van der Waals surface area contributed by atoms with E-state index in [-0.39, 0.29) is 0 Å². The predicted octanol–water partition coefficient (Wildman–Crippen LogP) is 15.2. The van der Waals surface area contributed by atoms with Crippen molar-refractivity contribution in [3.05, 3.63) is 12.2 Å². The summed E-state index contributed by atoms with van der Waals surface area (Å²) in [6, 6.07) is 0. The Labute approximate surface area is 285 Å². The van der Waals surface area contributed by atoms with Crippen LogP contribution < -0.4 is 0 Å². The molecular weight excluding hydrogens is 567 g/mol. The average Bonchev–Trinajstić information content (AvgIpc) is 3.03. The van der Waals surface area contributed by atoms with Crippen LogP contribution in [0.3, 0.4) is 0 Å². The fourth-order valence-electron chi connectivity index (χ4n) is 7.07. The molecule has 45 heavy (non-hydrogen) atoms. The Morgan fingerprint density at radius 1 is 0.400 bits per heavy atom. The topological polar surface area (TPSA) is 37.3 Å².